The van der Waals surface area contributed by atoms with Gasteiger partial charge in [0, 0.05) is 5.71 Å². The Kier molecular flexibility index (Phi) is 6.37. The van der Waals surface area contributed by atoms with Gasteiger partial charge in [-0.05, 0) is 62.3 Å². The second-order valence-electron chi connectivity index (χ2n) is 5.72. The summed E-state index contributed by atoms with van der Waals surface area (Å²) in [7, 11) is 0. The molecule has 0 fully saturated rings. The van der Waals surface area contributed by atoms with Gasteiger partial charge in [0.15, 0.2) is 0 Å². The van der Waals surface area contributed by atoms with Crippen LogP contribution in [0.2, 0.25) is 0 Å². The molecule has 2 atom stereocenters. The van der Waals surface area contributed by atoms with E-state index in [0.717, 1.165) is 30.5 Å². The Labute approximate surface area is 122 Å². The van der Waals surface area contributed by atoms with E-state index >= 15 is 0 Å². The minimum Gasteiger partial charge on any atom is -0.313 e. The molecule has 20 heavy (non-hydrogen) atoms. The van der Waals surface area contributed by atoms with Crippen molar-refractivity contribution in [2.24, 2.45) is 5.92 Å². The number of allylic oxidation sites excluding steroid dienone is 1. The summed E-state index contributed by atoms with van der Waals surface area (Å²) in [5.74, 6) is 0.846. The highest BCUT2D eigenvalue weighted by molar-refractivity contribution is 5.78. The minimum absolute atomic E-state index is 0.412. The van der Waals surface area contributed by atoms with Crippen molar-refractivity contribution in [2.45, 2.75) is 46.0 Å². The number of nitrogens with one attached hydrogen (secondary N) is 2. The van der Waals surface area contributed by atoms with Gasteiger partial charge in [0.05, 0.1) is 0 Å². The van der Waals surface area contributed by atoms with Gasteiger partial charge < -0.3 is 10.8 Å². The fourth-order valence-corrected chi connectivity index (χ4v) is 2.56. The fourth-order valence-electron chi connectivity index (χ4n) is 2.56. The summed E-state index contributed by atoms with van der Waals surface area (Å²) in [5.41, 5.74) is 4.30. The fraction of sp³-hybridized carbons (Fsp3) is 0.444. The zero-order valence-electron chi connectivity index (χ0n) is 12.9. The monoisotopic (exact) mass is 270 g/mol. The quantitative estimate of drug-likeness (QED) is 0.602. The maximum Gasteiger partial charge on any atom is 0.00612 e. The first-order chi connectivity index (χ1) is 9.45. The first-order valence-corrected chi connectivity index (χ1v) is 7.24. The molecule has 1 rings (SSSR count). The predicted molar refractivity (Wildman–Crippen MR) is 89.1 cm³/mol. The minimum atomic E-state index is 0.412. The van der Waals surface area contributed by atoms with Gasteiger partial charge in [0.1, 0.15) is 0 Å². The highest BCUT2D eigenvalue weighted by Gasteiger charge is 2.19. The van der Waals surface area contributed by atoms with Crippen molar-refractivity contribution >= 4 is 17.5 Å². The molecular weight excluding hydrogens is 244 g/mol. The van der Waals surface area contributed by atoms with Gasteiger partial charge in [-0.3, -0.25) is 0 Å². The normalized spacial score (nSPS) is 13.6. The van der Waals surface area contributed by atoms with Crippen molar-refractivity contribution in [1.29, 1.82) is 10.8 Å². The first-order valence-electron chi connectivity index (χ1n) is 7.24. The van der Waals surface area contributed by atoms with Crippen molar-refractivity contribution in [3.05, 3.63) is 42.0 Å². The standard InChI is InChI=1S/C18H26N2/c1-13(2)16-7-9-17(10-8-16)15(4)18(6-5-11-19)12-14(3)20/h7-11,15,18-20H,1,5-6,12H2,2-4H3. The third kappa shape index (κ3) is 4.76. The first kappa shape index (κ1) is 16.4. The van der Waals surface area contributed by atoms with E-state index in [0.29, 0.717) is 11.8 Å². The summed E-state index contributed by atoms with van der Waals surface area (Å²) in [6.45, 7) is 10.1. The lowest BCUT2D eigenvalue weighted by Crippen LogP contribution is -2.14. The van der Waals surface area contributed by atoms with E-state index in [1.165, 1.54) is 17.3 Å². The van der Waals surface area contributed by atoms with E-state index in [9.17, 15) is 0 Å². The Bertz CT molecular complexity index is 471. The molecule has 0 radical (unpaired) electrons. The van der Waals surface area contributed by atoms with Gasteiger partial charge in [-0.2, -0.15) is 0 Å². The van der Waals surface area contributed by atoms with Gasteiger partial charge in [0.2, 0.25) is 0 Å². The molecule has 0 saturated heterocycles. The van der Waals surface area contributed by atoms with Crippen LogP contribution < -0.4 is 0 Å². The van der Waals surface area contributed by atoms with Crippen LogP contribution in [-0.4, -0.2) is 11.9 Å². The zero-order valence-corrected chi connectivity index (χ0v) is 12.9. The van der Waals surface area contributed by atoms with Crippen LogP contribution in [0.1, 0.15) is 57.1 Å². The lowest BCUT2D eigenvalue weighted by atomic mass is 9.81. The molecule has 108 valence electrons. The summed E-state index contributed by atoms with van der Waals surface area (Å²) >= 11 is 0. The third-order valence-corrected chi connectivity index (χ3v) is 3.89. The molecule has 2 heteroatoms. The summed E-state index contributed by atoms with van der Waals surface area (Å²) in [6.07, 6.45) is 4.07. The summed E-state index contributed by atoms with van der Waals surface area (Å²) in [6, 6.07) is 8.59. The van der Waals surface area contributed by atoms with E-state index in [2.05, 4.69) is 37.8 Å². The van der Waals surface area contributed by atoms with E-state index in [-0.39, 0.29) is 0 Å². The predicted octanol–water partition coefficient (Wildman–Crippen LogP) is 5.30. The van der Waals surface area contributed by atoms with Gasteiger partial charge in [-0.15, -0.1) is 0 Å². The van der Waals surface area contributed by atoms with Crippen molar-refractivity contribution in [2.75, 3.05) is 0 Å². The van der Waals surface area contributed by atoms with Gasteiger partial charge in [0.25, 0.3) is 0 Å². The highest BCUT2D eigenvalue weighted by atomic mass is 14.4. The second-order valence-corrected chi connectivity index (χ2v) is 5.72. The maximum atomic E-state index is 7.74. The zero-order chi connectivity index (χ0) is 15.1. The number of rotatable bonds is 8. The number of benzene rings is 1. The smallest absolute Gasteiger partial charge is 0.00612 e. The van der Waals surface area contributed by atoms with Crippen LogP contribution in [0.4, 0.5) is 0 Å². The Morgan fingerprint density at radius 1 is 1.25 bits per heavy atom. The Morgan fingerprint density at radius 2 is 1.85 bits per heavy atom. The molecule has 0 aliphatic carbocycles. The molecule has 1 aromatic rings. The molecule has 0 amide bonds. The van der Waals surface area contributed by atoms with Crippen LogP contribution in [0.25, 0.3) is 5.57 Å². The van der Waals surface area contributed by atoms with Crippen molar-refractivity contribution < 1.29 is 0 Å². The third-order valence-electron chi connectivity index (χ3n) is 3.89. The lowest BCUT2D eigenvalue weighted by Gasteiger charge is -2.24. The molecular formula is C18H26N2. The van der Waals surface area contributed by atoms with Crippen molar-refractivity contribution in [3.8, 4) is 0 Å². The molecule has 0 aromatic heterocycles. The van der Waals surface area contributed by atoms with Crippen molar-refractivity contribution in [3.63, 3.8) is 0 Å². The molecule has 0 heterocycles. The van der Waals surface area contributed by atoms with Crippen LogP contribution in [0.5, 0.6) is 0 Å². The van der Waals surface area contributed by atoms with Crippen LogP contribution in [0.15, 0.2) is 30.8 Å². The molecule has 0 spiro atoms. The molecule has 0 aliphatic rings. The average Bonchev–Trinajstić information content (AvgIpc) is 2.42. The summed E-state index contributed by atoms with van der Waals surface area (Å²) in [4.78, 5) is 0. The topological polar surface area (TPSA) is 47.7 Å². The molecule has 1 aromatic carbocycles. The van der Waals surface area contributed by atoms with E-state index in [1.807, 2.05) is 13.8 Å². The van der Waals surface area contributed by atoms with Crippen LogP contribution >= 0.6 is 0 Å². The van der Waals surface area contributed by atoms with Crippen LogP contribution in [-0.2, 0) is 0 Å². The SMILES string of the molecule is C=C(C)c1ccc(C(C)C(CCC=N)CC(C)=N)cc1. The lowest BCUT2D eigenvalue weighted by molar-refractivity contribution is 0.436. The number of hydrogen-bond donors (Lipinski definition) is 2. The maximum absolute atomic E-state index is 7.74. The van der Waals surface area contributed by atoms with Gasteiger partial charge in [-0.1, -0.05) is 43.3 Å². The molecule has 0 saturated carbocycles. The van der Waals surface area contributed by atoms with Gasteiger partial charge in [-0.25, -0.2) is 0 Å². The molecule has 0 bridgehead atoms. The Morgan fingerprint density at radius 3 is 2.30 bits per heavy atom. The van der Waals surface area contributed by atoms with Crippen LogP contribution in [0, 0.1) is 16.7 Å². The highest BCUT2D eigenvalue weighted by Crippen LogP contribution is 2.31. The van der Waals surface area contributed by atoms with Crippen LogP contribution in [0.3, 0.4) is 0 Å². The van der Waals surface area contributed by atoms with Gasteiger partial charge >= 0.3 is 0 Å². The molecule has 2 nitrogen and oxygen atoms in total. The number of hydrogen-bond acceptors (Lipinski definition) is 2. The Hall–Kier alpha value is -1.70. The van der Waals surface area contributed by atoms with E-state index in [1.54, 1.807) is 0 Å². The molecule has 2 unspecified atom stereocenters. The second kappa shape index (κ2) is 7.78. The average molecular weight is 270 g/mol. The molecule has 0 aliphatic heterocycles. The Balaban J connectivity index is 2.86. The largest absolute Gasteiger partial charge is 0.313 e. The summed E-state index contributed by atoms with van der Waals surface area (Å²) in [5, 5.41) is 14.9. The van der Waals surface area contributed by atoms with E-state index < -0.39 is 0 Å². The van der Waals surface area contributed by atoms with Crippen molar-refractivity contribution in [1.82, 2.24) is 0 Å². The molecule has 2 N–H and O–H groups in total. The van der Waals surface area contributed by atoms with E-state index in [4.69, 9.17) is 10.8 Å². The summed E-state index contributed by atoms with van der Waals surface area (Å²) < 4.78 is 0.